The lowest BCUT2D eigenvalue weighted by molar-refractivity contribution is -0.117. The van der Waals surface area contributed by atoms with Crippen molar-refractivity contribution < 1.29 is 9.59 Å². The molecule has 0 saturated carbocycles. The number of amides is 2. The zero-order valence-corrected chi connectivity index (χ0v) is 16.6. The van der Waals surface area contributed by atoms with E-state index >= 15 is 0 Å². The van der Waals surface area contributed by atoms with Gasteiger partial charge < -0.3 is 4.90 Å². The van der Waals surface area contributed by atoms with Crippen molar-refractivity contribution in [3.8, 4) is 0 Å². The number of halogens is 1. The molecular weight excluding hydrogens is 396 g/mol. The summed E-state index contributed by atoms with van der Waals surface area (Å²) >= 11 is 7.22. The third kappa shape index (κ3) is 3.76. The monoisotopic (exact) mass is 412 g/mol. The second-order valence-electron chi connectivity index (χ2n) is 6.60. The summed E-state index contributed by atoms with van der Waals surface area (Å²) in [5.74, 6) is -0.269. The van der Waals surface area contributed by atoms with Crippen molar-refractivity contribution in [2.24, 2.45) is 0 Å². The number of anilines is 2. The second-order valence-corrected chi connectivity index (χ2v) is 8.05. The lowest BCUT2D eigenvalue weighted by Crippen LogP contribution is -2.25. The van der Waals surface area contributed by atoms with E-state index in [1.165, 1.54) is 11.3 Å². The molecule has 8 heteroatoms. The molecule has 0 unspecified atom stereocenters. The minimum atomic E-state index is -0.297. The molecular formula is C20H17ClN4O2S. The number of aromatic nitrogens is 2. The van der Waals surface area contributed by atoms with Gasteiger partial charge >= 0.3 is 0 Å². The van der Waals surface area contributed by atoms with Crippen LogP contribution in [0, 0.1) is 6.92 Å². The summed E-state index contributed by atoms with van der Waals surface area (Å²) in [6.45, 7) is 2.55. The summed E-state index contributed by atoms with van der Waals surface area (Å²) in [5, 5.41) is 12.6. The Morgan fingerprint density at radius 2 is 2.04 bits per heavy atom. The van der Waals surface area contributed by atoms with E-state index in [-0.39, 0.29) is 17.7 Å². The van der Waals surface area contributed by atoms with Crippen LogP contribution < -0.4 is 10.2 Å². The number of benzene rings is 2. The van der Waals surface area contributed by atoms with E-state index < -0.39 is 0 Å². The lowest BCUT2D eigenvalue weighted by Gasteiger charge is -2.18. The van der Waals surface area contributed by atoms with Gasteiger partial charge in [0.25, 0.3) is 5.91 Å². The molecule has 2 amide bonds. The van der Waals surface area contributed by atoms with Crippen molar-refractivity contribution in [3.05, 3.63) is 69.7 Å². The average molecular weight is 413 g/mol. The van der Waals surface area contributed by atoms with Crippen LogP contribution in [0.1, 0.15) is 33.3 Å². The number of hydrogen-bond donors (Lipinski definition) is 1. The first kappa shape index (κ1) is 18.6. The summed E-state index contributed by atoms with van der Waals surface area (Å²) in [5.41, 5.74) is 2.43. The van der Waals surface area contributed by atoms with Crippen LogP contribution in [0.15, 0.2) is 48.5 Å². The fraction of sp³-hybridized carbons (Fsp3) is 0.200. The molecule has 1 N–H and O–H groups in total. The highest BCUT2D eigenvalue weighted by Crippen LogP contribution is 2.35. The summed E-state index contributed by atoms with van der Waals surface area (Å²) in [4.78, 5) is 26.6. The standard InChI is InChI=1S/C20H17ClN4O2S/c1-12-5-2-3-8-16(12)25-11-14(10-17(25)26)19-23-24-20(28-19)22-18(27)13-6-4-7-15(21)9-13/h2-9,14H,10-11H2,1H3,(H,22,24,27)/t14-/m0/s1. The molecule has 2 aromatic carbocycles. The number of nitrogens with zero attached hydrogens (tertiary/aromatic N) is 3. The maximum absolute atomic E-state index is 12.5. The Morgan fingerprint density at radius 3 is 2.82 bits per heavy atom. The smallest absolute Gasteiger partial charge is 0.257 e. The molecule has 142 valence electrons. The van der Waals surface area contributed by atoms with E-state index in [1.807, 2.05) is 31.2 Å². The largest absolute Gasteiger partial charge is 0.311 e. The van der Waals surface area contributed by atoms with Gasteiger partial charge in [0.05, 0.1) is 0 Å². The Kier molecular flexibility index (Phi) is 5.11. The molecule has 1 saturated heterocycles. The van der Waals surface area contributed by atoms with Crippen molar-refractivity contribution in [1.29, 1.82) is 0 Å². The van der Waals surface area contributed by atoms with Crippen molar-refractivity contribution in [1.82, 2.24) is 10.2 Å². The predicted octanol–water partition coefficient (Wildman–Crippen LogP) is 4.27. The molecule has 1 aliphatic rings. The van der Waals surface area contributed by atoms with Crippen LogP contribution in [-0.2, 0) is 4.79 Å². The number of aryl methyl sites for hydroxylation is 1. The highest BCUT2D eigenvalue weighted by atomic mass is 35.5. The number of carbonyl (C=O) groups excluding carboxylic acids is 2. The van der Waals surface area contributed by atoms with Crippen molar-refractivity contribution in [2.45, 2.75) is 19.3 Å². The molecule has 6 nitrogen and oxygen atoms in total. The number of para-hydroxylation sites is 1. The van der Waals surface area contributed by atoms with E-state index in [0.29, 0.717) is 28.7 Å². The average Bonchev–Trinajstić information content (AvgIpc) is 3.29. The van der Waals surface area contributed by atoms with Gasteiger partial charge in [-0.05, 0) is 36.8 Å². The van der Waals surface area contributed by atoms with Gasteiger partial charge in [-0.2, -0.15) is 0 Å². The number of carbonyl (C=O) groups is 2. The van der Waals surface area contributed by atoms with Crippen molar-refractivity contribution in [2.75, 3.05) is 16.8 Å². The van der Waals surface area contributed by atoms with Crippen LogP contribution in [0.4, 0.5) is 10.8 Å². The Labute approximate surface area is 171 Å². The number of nitrogens with one attached hydrogen (secondary N) is 1. The summed E-state index contributed by atoms with van der Waals surface area (Å²) in [6, 6.07) is 14.5. The van der Waals surface area contributed by atoms with Gasteiger partial charge in [0.1, 0.15) is 5.01 Å². The minimum Gasteiger partial charge on any atom is -0.311 e. The SMILES string of the molecule is Cc1ccccc1N1C[C@@H](c2nnc(NC(=O)c3cccc(Cl)c3)s2)CC1=O. The maximum atomic E-state index is 12.5. The van der Waals surface area contributed by atoms with Gasteiger partial charge in [-0.25, -0.2) is 0 Å². The van der Waals surface area contributed by atoms with Crippen LogP contribution in [0.5, 0.6) is 0 Å². The van der Waals surface area contributed by atoms with Crippen LogP contribution in [0.25, 0.3) is 0 Å². The molecule has 0 bridgehead atoms. The molecule has 1 fully saturated rings. The summed E-state index contributed by atoms with van der Waals surface area (Å²) in [6.07, 6.45) is 0.380. The first-order valence-corrected chi connectivity index (χ1v) is 9.97. The fourth-order valence-electron chi connectivity index (χ4n) is 3.22. The quantitative estimate of drug-likeness (QED) is 0.694. The summed E-state index contributed by atoms with van der Waals surface area (Å²) < 4.78 is 0. The Hall–Kier alpha value is -2.77. The molecule has 28 heavy (non-hydrogen) atoms. The van der Waals surface area contributed by atoms with Crippen LogP contribution in [0.3, 0.4) is 0 Å². The predicted molar refractivity (Wildman–Crippen MR) is 110 cm³/mol. The zero-order valence-electron chi connectivity index (χ0n) is 15.1. The van der Waals surface area contributed by atoms with Crippen LogP contribution >= 0.6 is 22.9 Å². The Bertz CT molecular complexity index is 1050. The molecule has 2 heterocycles. The van der Waals surface area contributed by atoms with Gasteiger partial charge in [-0.1, -0.05) is 47.2 Å². The van der Waals surface area contributed by atoms with E-state index in [1.54, 1.807) is 29.2 Å². The van der Waals surface area contributed by atoms with E-state index in [2.05, 4.69) is 15.5 Å². The van der Waals surface area contributed by atoms with Crippen molar-refractivity contribution in [3.63, 3.8) is 0 Å². The number of rotatable bonds is 4. The maximum Gasteiger partial charge on any atom is 0.257 e. The van der Waals surface area contributed by atoms with E-state index in [9.17, 15) is 9.59 Å². The lowest BCUT2D eigenvalue weighted by atomic mass is 10.1. The van der Waals surface area contributed by atoms with E-state index in [0.717, 1.165) is 16.3 Å². The van der Waals surface area contributed by atoms with Gasteiger partial charge in [0.15, 0.2) is 0 Å². The molecule has 0 spiro atoms. The van der Waals surface area contributed by atoms with Gasteiger partial charge in [-0.15, -0.1) is 10.2 Å². The highest BCUT2D eigenvalue weighted by molar-refractivity contribution is 7.15. The molecule has 1 aromatic heterocycles. The highest BCUT2D eigenvalue weighted by Gasteiger charge is 2.34. The van der Waals surface area contributed by atoms with Crippen molar-refractivity contribution >= 4 is 45.6 Å². The molecule has 4 rings (SSSR count). The van der Waals surface area contributed by atoms with Gasteiger partial charge in [-0.3, -0.25) is 14.9 Å². The Balaban J connectivity index is 1.47. The normalized spacial score (nSPS) is 16.4. The molecule has 3 aromatic rings. The van der Waals surface area contributed by atoms with Gasteiger partial charge in [0.2, 0.25) is 11.0 Å². The second kappa shape index (κ2) is 7.69. The fourth-order valence-corrected chi connectivity index (χ4v) is 4.24. The molecule has 0 aliphatic carbocycles. The van der Waals surface area contributed by atoms with Crippen LogP contribution in [-0.4, -0.2) is 28.6 Å². The van der Waals surface area contributed by atoms with Gasteiger partial charge in [0, 0.05) is 35.2 Å². The zero-order chi connectivity index (χ0) is 19.7. The first-order chi connectivity index (χ1) is 13.5. The Morgan fingerprint density at radius 1 is 1.21 bits per heavy atom. The molecule has 0 radical (unpaired) electrons. The third-order valence-electron chi connectivity index (χ3n) is 4.63. The topological polar surface area (TPSA) is 75.2 Å². The molecule has 1 aliphatic heterocycles. The first-order valence-electron chi connectivity index (χ1n) is 8.77. The number of hydrogen-bond acceptors (Lipinski definition) is 5. The minimum absolute atomic E-state index is 0.0403. The van der Waals surface area contributed by atoms with E-state index in [4.69, 9.17) is 11.6 Å². The van der Waals surface area contributed by atoms with Crippen LogP contribution in [0.2, 0.25) is 5.02 Å². The summed E-state index contributed by atoms with van der Waals surface area (Å²) in [7, 11) is 0. The third-order valence-corrected chi connectivity index (χ3v) is 5.86. The molecule has 1 atom stereocenters.